The monoisotopic (exact) mass is 271 g/mol. The smallest absolute Gasteiger partial charge is 0.142 e. The van der Waals surface area contributed by atoms with Crippen molar-refractivity contribution in [1.82, 2.24) is 9.55 Å². The van der Waals surface area contributed by atoms with Gasteiger partial charge in [0.1, 0.15) is 11.6 Å². The molecule has 0 fully saturated rings. The molecule has 0 saturated heterocycles. The summed E-state index contributed by atoms with van der Waals surface area (Å²) in [6, 6.07) is 10.2. The maximum Gasteiger partial charge on any atom is 0.142 e. The lowest BCUT2D eigenvalue weighted by atomic mass is 9.92. The Hall–Kier alpha value is -1.77. The highest BCUT2D eigenvalue weighted by molar-refractivity contribution is 5.62. The summed E-state index contributed by atoms with van der Waals surface area (Å²) in [7, 11) is 0. The molecule has 1 heterocycles. The molecular weight excluding hydrogens is 246 g/mol. The van der Waals surface area contributed by atoms with E-state index in [9.17, 15) is 0 Å². The zero-order valence-electron chi connectivity index (χ0n) is 13.4. The van der Waals surface area contributed by atoms with Crippen molar-refractivity contribution >= 4 is 5.82 Å². The molecule has 0 saturated carbocycles. The van der Waals surface area contributed by atoms with Crippen LogP contribution in [0.25, 0.3) is 11.4 Å². The summed E-state index contributed by atoms with van der Waals surface area (Å²) in [4.78, 5) is 4.86. The zero-order valence-corrected chi connectivity index (χ0v) is 13.4. The molecule has 20 heavy (non-hydrogen) atoms. The Kier molecular flexibility index (Phi) is 3.41. The third-order valence-corrected chi connectivity index (χ3v) is 3.33. The van der Waals surface area contributed by atoms with Crippen molar-refractivity contribution in [3.8, 4) is 11.4 Å². The standard InChI is InChI=1S/C17H25N3/c1-16(2,3)13-14(18)20(17(4,5)6)15(19-13)12-10-8-7-9-11-12/h7-11H,18H2,1-6H3. The van der Waals surface area contributed by atoms with E-state index in [0.717, 1.165) is 22.9 Å². The third kappa shape index (κ3) is 2.58. The van der Waals surface area contributed by atoms with Crippen LogP contribution in [0.4, 0.5) is 5.82 Å². The van der Waals surface area contributed by atoms with E-state index >= 15 is 0 Å². The van der Waals surface area contributed by atoms with Crippen LogP contribution in [0.3, 0.4) is 0 Å². The minimum Gasteiger partial charge on any atom is -0.383 e. The summed E-state index contributed by atoms with van der Waals surface area (Å²) in [6.45, 7) is 12.9. The minimum atomic E-state index is -0.105. The Bertz CT molecular complexity index is 596. The van der Waals surface area contributed by atoms with Crippen LogP contribution in [0.1, 0.15) is 47.2 Å². The molecule has 0 aliphatic heterocycles. The molecule has 3 nitrogen and oxygen atoms in total. The lowest BCUT2D eigenvalue weighted by Crippen LogP contribution is -2.25. The van der Waals surface area contributed by atoms with E-state index in [0.29, 0.717) is 0 Å². The highest BCUT2D eigenvalue weighted by atomic mass is 15.2. The van der Waals surface area contributed by atoms with Crippen molar-refractivity contribution < 1.29 is 0 Å². The molecule has 0 aliphatic carbocycles. The van der Waals surface area contributed by atoms with Crippen LogP contribution in [0.15, 0.2) is 30.3 Å². The Morgan fingerprint density at radius 1 is 0.950 bits per heavy atom. The van der Waals surface area contributed by atoms with Crippen LogP contribution in [-0.2, 0) is 11.0 Å². The van der Waals surface area contributed by atoms with Crippen LogP contribution in [-0.4, -0.2) is 9.55 Å². The number of nitrogens with two attached hydrogens (primary N) is 1. The number of benzene rings is 1. The molecule has 0 amide bonds. The first-order valence-electron chi connectivity index (χ1n) is 7.07. The molecule has 1 aromatic carbocycles. The molecule has 0 spiro atoms. The van der Waals surface area contributed by atoms with Crippen LogP contribution >= 0.6 is 0 Å². The van der Waals surface area contributed by atoms with Crippen molar-refractivity contribution in [2.45, 2.75) is 52.5 Å². The first-order chi connectivity index (χ1) is 9.12. The van der Waals surface area contributed by atoms with Crippen LogP contribution in [0.5, 0.6) is 0 Å². The summed E-state index contributed by atoms with van der Waals surface area (Å²) in [6.07, 6.45) is 0. The van der Waals surface area contributed by atoms with Gasteiger partial charge in [0.15, 0.2) is 0 Å². The van der Waals surface area contributed by atoms with E-state index in [-0.39, 0.29) is 11.0 Å². The first-order valence-corrected chi connectivity index (χ1v) is 7.07. The van der Waals surface area contributed by atoms with Crippen LogP contribution < -0.4 is 5.73 Å². The van der Waals surface area contributed by atoms with E-state index in [1.807, 2.05) is 18.2 Å². The summed E-state index contributed by atoms with van der Waals surface area (Å²) < 4.78 is 2.14. The molecule has 0 aliphatic rings. The SMILES string of the molecule is CC(C)(C)c1nc(-c2ccccc2)n(C(C)(C)C)c1N. The third-order valence-electron chi connectivity index (χ3n) is 3.33. The maximum atomic E-state index is 6.41. The van der Waals surface area contributed by atoms with Gasteiger partial charge in [-0.15, -0.1) is 0 Å². The predicted octanol–water partition coefficient (Wildman–Crippen LogP) is 4.18. The van der Waals surface area contributed by atoms with E-state index in [1.165, 1.54) is 0 Å². The van der Waals surface area contributed by atoms with Crippen molar-refractivity contribution in [3.05, 3.63) is 36.0 Å². The van der Waals surface area contributed by atoms with Gasteiger partial charge in [0.2, 0.25) is 0 Å². The molecule has 0 radical (unpaired) electrons. The topological polar surface area (TPSA) is 43.8 Å². The van der Waals surface area contributed by atoms with E-state index in [4.69, 9.17) is 10.7 Å². The van der Waals surface area contributed by atoms with E-state index in [2.05, 4.69) is 58.2 Å². The van der Waals surface area contributed by atoms with Gasteiger partial charge < -0.3 is 10.3 Å². The molecule has 2 N–H and O–H groups in total. The Morgan fingerprint density at radius 3 is 1.95 bits per heavy atom. The molecule has 3 heteroatoms. The zero-order chi connectivity index (χ0) is 15.1. The molecule has 0 atom stereocenters. The predicted molar refractivity (Wildman–Crippen MR) is 85.8 cm³/mol. The number of nitrogen functional groups attached to an aromatic ring is 1. The fourth-order valence-electron chi connectivity index (χ4n) is 2.45. The molecular formula is C17H25N3. The molecule has 108 valence electrons. The number of anilines is 1. The van der Waals surface area contributed by atoms with Crippen molar-refractivity contribution in [2.24, 2.45) is 0 Å². The van der Waals surface area contributed by atoms with Crippen LogP contribution in [0, 0.1) is 0 Å². The maximum absolute atomic E-state index is 6.41. The molecule has 2 rings (SSSR count). The minimum absolute atomic E-state index is 0.0654. The Morgan fingerprint density at radius 2 is 1.50 bits per heavy atom. The van der Waals surface area contributed by atoms with Gasteiger partial charge in [0.25, 0.3) is 0 Å². The van der Waals surface area contributed by atoms with Gasteiger partial charge in [-0.2, -0.15) is 0 Å². The summed E-state index contributed by atoms with van der Waals surface area (Å²) in [5.74, 6) is 1.71. The quantitative estimate of drug-likeness (QED) is 0.845. The second kappa shape index (κ2) is 4.65. The number of imidazole rings is 1. The fraction of sp³-hybridized carbons (Fsp3) is 0.471. The summed E-state index contributed by atoms with van der Waals surface area (Å²) in [5.41, 5.74) is 8.31. The lowest BCUT2D eigenvalue weighted by molar-refractivity contribution is 0.406. The molecule has 1 aromatic heterocycles. The van der Waals surface area contributed by atoms with E-state index < -0.39 is 0 Å². The average molecular weight is 271 g/mol. The Balaban J connectivity index is 2.75. The molecule has 0 bridgehead atoms. The number of nitrogens with zero attached hydrogens (tertiary/aromatic N) is 2. The number of aromatic nitrogens is 2. The van der Waals surface area contributed by atoms with Crippen molar-refractivity contribution in [2.75, 3.05) is 5.73 Å². The lowest BCUT2D eigenvalue weighted by Gasteiger charge is -2.26. The largest absolute Gasteiger partial charge is 0.383 e. The Labute approximate surface area is 121 Å². The van der Waals surface area contributed by atoms with Crippen molar-refractivity contribution in [3.63, 3.8) is 0 Å². The number of hydrogen-bond donors (Lipinski definition) is 1. The van der Waals surface area contributed by atoms with Gasteiger partial charge in [-0.1, -0.05) is 51.1 Å². The van der Waals surface area contributed by atoms with Crippen molar-refractivity contribution in [1.29, 1.82) is 0 Å². The van der Waals surface area contributed by atoms with Gasteiger partial charge >= 0.3 is 0 Å². The molecule has 2 aromatic rings. The first kappa shape index (κ1) is 14.6. The number of rotatable bonds is 1. The van der Waals surface area contributed by atoms with Gasteiger partial charge in [-0.3, -0.25) is 0 Å². The van der Waals surface area contributed by atoms with Crippen LogP contribution in [0.2, 0.25) is 0 Å². The number of hydrogen-bond acceptors (Lipinski definition) is 2. The van der Waals surface area contributed by atoms with E-state index in [1.54, 1.807) is 0 Å². The fourth-order valence-corrected chi connectivity index (χ4v) is 2.45. The van der Waals surface area contributed by atoms with Gasteiger partial charge in [-0.05, 0) is 20.8 Å². The van der Waals surface area contributed by atoms with Gasteiger partial charge in [0, 0.05) is 16.5 Å². The second-order valence-electron chi connectivity index (χ2n) is 7.29. The van der Waals surface area contributed by atoms with Gasteiger partial charge in [-0.25, -0.2) is 4.98 Å². The molecule has 0 unspecified atom stereocenters. The highest BCUT2D eigenvalue weighted by Crippen LogP contribution is 2.35. The summed E-state index contributed by atoms with van der Waals surface area (Å²) >= 11 is 0. The summed E-state index contributed by atoms with van der Waals surface area (Å²) in [5, 5.41) is 0. The highest BCUT2D eigenvalue weighted by Gasteiger charge is 2.29. The average Bonchev–Trinajstić information content (AvgIpc) is 2.67. The second-order valence-corrected chi connectivity index (χ2v) is 7.29. The normalized spacial score (nSPS) is 12.7. The van der Waals surface area contributed by atoms with Gasteiger partial charge in [0.05, 0.1) is 5.69 Å².